The zero-order valence-corrected chi connectivity index (χ0v) is 11.2. The number of hydrogen-bond acceptors (Lipinski definition) is 4. The molecule has 4 nitrogen and oxygen atoms in total. The van der Waals surface area contributed by atoms with E-state index in [-0.39, 0.29) is 6.04 Å². The van der Waals surface area contributed by atoms with Crippen molar-refractivity contribution in [1.29, 1.82) is 0 Å². The van der Waals surface area contributed by atoms with Gasteiger partial charge in [0, 0.05) is 25.3 Å². The maximum Gasteiger partial charge on any atom is 0.120 e. The summed E-state index contributed by atoms with van der Waals surface area (Å²) in [6.45, 7) is 4.74. The minimum atomic E-state index is 0.164. The van der Waals surface area contributed by atoms with Crippen LogP contribution in [0, 0.1) is 0 Å². The number of rotatable bonds is 9. The molecule has 18 heavy (non-hydrogen) atoms. The molecule has 0 spiro atoms. The number of para-hydroxylation sites is 1. The summed E-state index contributed by atoms with van der Waals surface area (Å²) in [4.78, 5) is 0. The second-order valence-electron chi connectivity index (χ2n) is 4.08. The predicted molar refractivity (Wildman–Crippen MR) is 71.8 cm³/mol. The molecule has 0 aliphatic carbocycles. The van der Waals surface area contributed by atoms with Crippen LogP contribution < -0.4 is 5.32 Å². The Morgan fingerprint density at radius 2 is 2.00 bits per heavy atom. The van der Waals surface area contributed by atoms with Crippen LogP contribution in [0.15, 0.2) is 24.3 Å². The Balaban J connectivity index is 2.32. The Bertz CT molecular complexity index is 331. The summed E-state index contributed by atoms with van der Waals surface area (Å²) < 4.78 is 10.3. The van der Waals surface area contributed by atoms with Gasteiger partial charge in [0.05, 0.1) is 19.8 Å². The minimum absolute atomic E-state index is 0.164. The molecule has 0 radical (unpaired) electrons. The lowest BCUT2D eigenvalue weighted by molar-refractivity contribution is 0.0709. The third kappa shape index (κ3) is 5.04. The van der Waals surface area contributed by atoms with E-state index in [0.29, 0.717) is 25.6 Å². The van der Waals surface area contributed by atoms with E-state index in [1.165, 1.54) is 0 Å². The average Bonchev–Trinajstić information content (AvgIpc) is 2.39. The topological polar surface area (TPSA) is 50.7 Å². The largest absolute Gasteiger partial charge is 0.508 e. The number of phenols is 1. The lowest BCUT2D eigenvalue weighted by Crippen LogP contribution is -2.25. The summed E-state index contributed by atoms with van der Waals surface area (Å²) in [7, 11) is 1.66. The van der Waals surface area contributed by atoms with Gasteiger partial charge in [-0.25, -0.2) is 0 Å². The molecular formula is C14H23NO3. The SMILES string of the molecule is CCC(NCCOCCOC)c1ccccc1O. The first kappa shape index (κ1) is 15.0. The van der Waals surface area contributed by atoms with E-state index in [1.54, 1.807) is 13.2 Å². The number of methoxy groups -OCH3 is 1. The Morgan fingerprint density at radius 1 is 1.22 bits per heavy atom. The number of nitrogens with one attached hydrogen (secondary N) is 1. The minimum Gasteiger partial charge on any atom is -0.508 e. The first-order chi connectivity index (χ1) is 8.79. The van der Waals surface area contributed by atoms with Crippen molar-refractivity contribution in [2.24, 2.45) is 0 Å². The van der Waals surface area contributed by atoms with Crippen molar-refractivity contribution in [3.05, 3.63) is 29.8 Å². The van der Waals surface area contributed by atoms with Gasteiger partial charge in [-0.1, -0.05) is 25.1 Å². The maximum absolute atomic E-state index is 9.80. The molecule has 0 heterocycles. The van der Waals surface area contributed by atoms with Crippen molar-refractivity contribution in [2.45, 2.75) is 19.4 Å². The van der Waals surface area contributed by atoms with E-state index in [9.17, 15) is 5.11 Å². The fraction of sp³-hybridized carbons (Fsp3) is 0.571. The van der Waals surface area contributed by atoms with Crippen molar-refractivity contribution >= 4 is 0 Å². The van der Waals surface area contributed by atoms with Crippen molar-refractivity contribution in [3.63, 3.8) is 0 Å². The van der Waals surface area contributed by atoms with Gasteiger partial charge in [0.1, 0.15) is 5.75 Å². The van der Waals surface area contributed by atoms with Crippen LogP contribution in [0.1, 0.15) is 24.9 Å². The zero-order chi connectivity index (χ0) is 13.2. The van der Waals surface area contributed by atoms with E-state index < -0.39 is 0 Å². The van der Waals surface area contributed by atoms with Gasteiger partial charge in [-0.2, -0.15) is 0 Å². The molecule has 1 unspecified atom stereocenters. The standard InChI is InChI=1S/C14H23NO3/c1-3-13(12-6-4-5-7-14(12)16)15-8-9-18-11-10-17-2/h4-7,13,15-16H,3,8-11H2,1-2H3. The van der Waals surface area contributed by atoms with Crippen molar-refractivity contribution < 1.29 is 14.6 Å². The summed E-state index contributed by atoms with van der Waals surface area (Å²) in [5.41, 5.74) is 0.942. The highest BCUT2D eigenvalue weighted by molar-refractivity contribution is 5.34. The summed E-state index contributed by atoms with van der Waals surface area (Å²) in [5, 5.41) is 13.2. The smallest absolute Gasteiger partial charge is 0.120 e. The van der Waals surface area contributed by atoms with Gasteiger partial charge in [0.2, 0.25) is 0 Å². The summed E-state index contributed by atoms with van der Waals surface area (Å²) in [6.07, 6.45) is 0.926. The second-order valence-corrected chi connectivity index (χ2v) is 4.08. The number of hydrogen-bond donors (Lipinski definition) is 2. The molecule has 2 N–H and O–H groups in total. The average molecular weight is 253 g/mol. The van der Waals surface area contributed by atoms with Crippen LogP contribution in [0.25, 0.3) is 0 Å². The molecule has 0 fully saturated rings. The van der Waals surface area contributed by atoms with Crippen LogP contribution in [0.2, 0.25) is 0 Å². The molecular weight excluding hydrogens is 230 g/mol. The Labute approximate surface area is 109 Å². The first-order valence-corrected chi connectivity index (χ1v) is 6.37. The van der Waals surface area contributed by atoms with E-state index in [4.69, 9.17) is 9.47 Å². The first-order valence-electron chi connectivity index (χ1n) is 6.37. The van der Waals surface area contributed by atoms with Crippen LogP contribution in [0.5, 0.6) is 5.75 Å². The molecule has 1 atom stereocenters. The van der Waals surface area contributed by atoms with E-state index >= 15 is 0 Å². The highest BCUT2D eigenvalue weighted by atomic mass is 16.5. The molecule has 1 rings (SSSR count). The Morgan fingerprint density at radius 3 is 2.67 bits per heavy atom. The van der Waals surface area contributed by atoms with Crippen LogP contribution in [-0.4, -0.2) is 38.6 Å². The highest BCUT2D eigenvalue weighted by Crippen LogP contribution is 2.25. The molecule has 0 aliphatic rings. The Kier molecular flexibility index (Phi) is 7.41. The molecule has 1 aromatic rings. The lowest BCUT2D eigenvalue weighted by atomic mass is 10.0. The number of benzene rings is 1. The van der Waals surface area contributed by atoms with Gasteiger partial charge in [-0.05, 0) is 12.5 Å². The highest BCUT2D eigenvalue weighted by Gasteiger charge is 2.11. The second kappa shape index (κ2) is 8.91. The van der Waals surface area contributed by atoms with Crippen LogP contribution in [0.4, 0.5) is 0 Å². The van der Waals surface area contributed by atoms with Crippen molar-refractivity contribution in [1.82, 2.24) is 5.32 Å². The predicted octanol–water partition coefficient (Wildman–Crippen LogP) is 2.10. The fourth-order valence-electron chi connectivity index (χ4n) is 1.81. The summed E-state index contributed by atoms with van der Waals surface area (Å²) in [6, 6.07) is 7.60. The maximum atomic E-state index is 9.80. The van der Waals surface area contributed by atoms with Crippen LogP contribution >= 0.6 is 0 Å². The van der Waals surface area contributed by atoms with E-state index in [2.05, 4.69) is 12.2 Å². The van der Waals surface area contributed by atoms with Gasteiger partial charge in [0.25, 0.3) is 0 Å². The third-order valence-corrected chi connectivity index (χ3v) is 2.79. The van der Waals surface area contributed by atoms with Gasteiger partial charge in [-0.15, -0.1) is 0 Å². The molecule has 0 aromatic heterocycles. The van der Waals surface area contributed by atoms with Gasteiger partial charge in [-0.3, -0.25) is 0 Å². The van der Waals surface area contributed by atoms with E-state index in [0.717, 1.165) is 18.5 Å². The zero-order valence-electron chi connectivity index (χ0n) is 11.2. The van der Waals surface area contributed by atoms with Gasteiger partial charge >= 0.3 is 0 Å². The third-order valence-electron chi connectivity index (χ3n) is 2.79. The number of phenolic OH excluding ortho intramolecular Hbond substituents is 1. The molecule has 0 saturated heterocycles. The number of ether oxygens (including phenoxy) is 2. The van der Waals surface area contributed by atoms with Crippen molar-refractivity contribution in [2.75, 3.05) is 33.5 Å². The molecule has 0 aliphatic heterocycles. The normalized spacial score (nSPS) is 12.6. The quantitative estimate of drug-likeness (QED) is 0.662. The molecule has 0 saturated carbocycles. The molecule has 102 valence electrons. The molecule has 0 amide bonds. The lowest BCUT2D eigenvalue weighted by Gasteiger charge is -2.18. The van der Waals surface area contributed by atoms with E-state index in [1.807, 2.05) is 18.2 Å². The molecule has 0 bridgehead atoms. The van der Waals surface area contributed by atoms with Gasteiger partial charge in [0.15, 0.2) is 0 Å². The fourth-order valence-corrected chi connectivity index (χ4v) is 1.81. The van der Waals surface area contributed by atoms with Crippen LogP contribution in [-0.2, 0) is 9.47 Å². The molecule has 4 heteroatoms. The summed E-state index contributed by atoms with van der Waals surface area (Å²) >= 11 is 0. The Hall–Kier alpha value is -1.10. The van der Waals surface area contributed by atoms with Crippen LogP contribution in [0.3, 0.4) is 0 Å². The monoisotopic (exact) mass is 253 g/mol. The van der Waals surface area contributed by atoms with Crippen molar-refractivity contribution in [3.8, 4) is 5.75 Å². The van der Waals surface area contributed by atoms with Gasteiger partial charge < -0.3 is 19.9 Å². The summed E-state index contributed by atoms with van der Waals surface area (Å²) in [5.74, 6) is 0.345. The molecule has 1 aromatic carbocycles. The number of aromatic hydroxyl groups is 1.